The molecular formula is C12H22N4O. The highest BCUT2D eigenvalue weighted by Gasteiger charge is 2.17. The molecule has 0 aliphatic carbocycles. The predicted molar refractivity (Wildman–Crippen MR) is 68.2 cm³/mol. The quantitative estimate of drug-likeness (QED) is 0.827. The van der Waals surface area contributed by atoms with E-state index >= 15 is 0 Å². The molecule has 0 aliphatic heterocycles. The molecule has 1 aromatic heterocycles. The van der Waals surface area contributed by atoms with Crippen LogP contribution in [0.25, 0.3) is 0 Å². The molecule has 1 rings (SSSR count). The minimum absolute atomic E-state index is 0.0383. The molecule has 5 heteroatoms. The van der Waals surface area contributed by atoms with Crippen molar-refractivity contribution >= 4 is 5.91 Å². The summed E-state index contributed by atoms with van der Waals surface area (Å²) in [4.78, 5) is 14.0. The number of aromatic nitrogens is 2. The van der Waals surface area contributed by atoms with Crippen molar-refractivity contribution in [2.45, 2.75) is 19.8 Å². The van der Waals surface area contributed by atoms with Crippen LogP contribution in [-0.4, -0.2) is 47.8 Å². The Balaban J connectivity index is 2.69. The molecule has 0 atom stereocenters. The number of rotatable bonds is 5. The van der Waals surface area contributed by atoms with Gasteiger partial charge in [0, 0.05) is 20.1 Å². The molecule has 0 saturated carbocycles. The first-order valence-electron chi connectivity index (χ1n) is 5.88. The van der Waals surface area contributed by atoms with Crippen LogP contribution in [0.5, 0.6) is 0 Å². The second-order valence-corrected chi connectivity index (χ2v) is 4.78. The lowest BCUT2D eigenvalue weighted by Gasteiger charge is -2.12. The van der Waals surface area contributed by atoms with Gasteiger partial charge < -0.3 is 10.2 Å². The van der Waals surface area contributed by atoms with Crippen LogP contribution in [0.2, 0.25) is 0 Å². The van der Waals surface area contributed by atoms with Gasteiger partial charge in [0.15, 0.2) is 0 Å². The third-order valence-electron chi connectivity index (χ3n) is 2.62. The van der Waals surface area contributed by atoms with Gasteiger partial charge in [0.05, 0.1) is 17.5 Å². The Labute approximate surface area is 103 Å². The third kappa shape index (κ3) is 3.56. The molecule has 96 valence electrons. The minimum atomic E-state index is -0.0383. The lowest BCUT2D eigenvalue weighted by atomic mass is 10.1. The zero-order chi connectivity index (χ0) is 13.0. The summed E-state index contributed by atoms with van der Waals surface area (Å²) >= 11 is 0. The molecule has 0 unspecified atom stereocenters. The molecule has 1 N–H and O–H groups in total. The number of aryl methyl sites for hydroxylation is 1. The largest absolute Gasteiger partial charge is 0.351 e. The molecule has 0 fully saturated rings. The summed E-state index contributed by atoms with van der Waals surface area (Å²) in [6.07, 6.45) is 1.64. The number of hydrogen-bond donors (Lipinski definition) is 1. The highest BCUT2D eigenvalue weighted by atomic mass is 16.1. The number of nitrogens with zero attached hydrogens (tertiary/aromatic N) is 3. The van der Waals surface area contributed by atoms with Crippen LogP contribution < -0.4 is 5.32 Å². The van der Waals surface area contributed by atoms with Crippen LogP contribution in [-0.2, 0) is 7.05 Å². The summed E-state index contributed by atoms with van der Waals surface area (Å²) < 4.78 is 1.77. The molecule has 0 radical (unpaired) electrons. The summed E-state index contributed by atoms with van der Waals surface area (Å²) in [5.41, 5.74) is 1.66. The van der Waals surface area contributed by atoms with E-state index in [9.17, 15) is 4.79 Å². The van der Waals surface area contributed by atoms with Gasteiger partial charge in [-0.05, 0) is 20.0 Å². The lowest BCUT2D eigenvalue weighted by Crippen LogP contribution is -2.31. The van der Waals surface area contributed by atoms with E-state index in [4.69, 9.17) is 0 Å². The van der Waals surface area contributed by atoms with Crippen LogP contribution in [0.3, 0.4) is 0 Å². The Bertz CT molecular complexity index is 382. The van der Waals surface area contributed by atoms with E-state index in [1.54, 1.807) is 10.9 Å². The van der Waals surface area contributed by atoms with E-state index in [0.29, 0.717) is 12.1 Å². The average molecular weight is 238 g/mol. The first kappa shape index (κ1) is 13.7. The summed E-state index contributed by atoms with van der Waals surface area (Å²) in [6.45, 7) is 5.61. The number of carbonyl (C=O) groups is 1. The second kappa shape index (κ2) is 5.82. The summed E-state index contributed by atoms with van der Waals surface area (Å²) in [5.74, 6) is 0.251. The standard InChI is InChI=1S/C12H22N4O/c1-9(2)11-10(8-14-16(11)5)12(17)13-6-7-15(3)4/h8-9H,6-7H2,1-5H3,(H,13,17). The maximum Gasteiger partial charge on any atom is 0.254 e. The number of carbonyl (C=O) groups excluding carboxylic acids is 1. The van der Waals surface area contributed by atoms with Crippen molar-refractivity contribution in [1.82, 2.24) is 20.0 Å². The maximum absolute atomic E-state index is 12.0. The Morgan fingerprint density at radius 1 is 1.53 bits per heavy atom. The smallest absolute Gasteiger partial charge is 0.254 e. The number of likely N-dealkylation sites (N-methyl/N-ethyl adjacent to an activating group) is 1. The zero-order valence-corrected chi connectivity index (χ0v) is 11.3. The van der Waals surface area contributed by atoms with Crippen LogP contribution in [0.15, 0.2) is 6.20 Å². The molecule has 0 aromatic carbocycles. The number of hydrogen-bond acceptors (Lipinski definition) is 3. The SMILES string of the molecule is CC(C)c1c(C(=O)NCCN(C)C)cnn1C. The first-order chi connectivity index (χ1) is 7.93. The van der Waals surface area contributed by atoms with Gasteiger partial charge in [0.2, 0.25) is 0 Å². The number of amides is 1. The van der Waals surface area contributed by atoms with Crippen molar-refractivity contribution in [2.75, 3.05) is 27.2 Å². The van der Waals surface area contributed by atoms with Gasteiger partial charge in [-0.2, -0.15) is 5.10 Å². The molecule has 0 bridgehead atoms. The van der Waals surface area contributed by atoms with Gasteiger partial charge in [-0.15, -0.1) is 0 Å². The summed E-state index contributed by atoms with van der Waals surface area (Å²) in [5, 5.41) is 7.05. The Kier molecular flexibility index (Phi) is 4.69. The molecular weight excluding hydrogens is 216 g/mol. The van der Waals surface area contributed by atoms with Crippen molar-refractivity contribution in [2.24, 2.45) is 7.05 Å². The Morgan fingerprint density at radius 3 is 2.71 bits per heavy atom. The van der Waals surface area contributed by atoms with E-state index in [2.05, 4.69) is 24.3 Å². The molecule has 0 spiro atoms. The second-order valence-electron chi connectivity index (χ2n) is 4.78. The van der Waals surface area contributed by atoms with Crippen molar-refractivity contribution < 1.29 is 4.79 Å². The van der Waals surface area contributed by atoms with Crippen LogP contribution in [0.4, 0.5) is 0 Å². The lowest BCUT2D eigenvalue weighted by molar-refractivity contribution is 0.0949. The summed E-state index contributed by atoms with van der Waals surface area (Å²) in [7, 11) is 5.83. The van der Waals surface area contributed by atoms with Crippen LogP contribution >= 0.6 is 0 Å². The van der Waals surface area contributed by atoms with Gasteiger partial charge >= 0.3 is 0 Å². The molecule has 17 heavy (non-hydrogen) atoms. The predicted octanol–water partition coefficient (Wildman–Crippen LogP) is 0.835. The van der Waals surface area contributed by atoms with Gasteiger partial charge in [-0.3, -0.25) is 9.48 Å². The highest BCUT2D eigenvalue weighted by molar-refractivity contribution is 5.95. The van der Waals surface area contributed by atoms with E-state index < -0.39 is 0 Å². The Morgan fingerprint density at radius 2 is 2.18 bits per heavy atom. The van der Waals surface area contributed by atoms with Crippen molar-refractivity contribution in [1.29, 1.82) is 0 Å². The number of nitrogens with one attached hydrogen (secondary N) is 1. The minimum Gasteiger partial charge on any atom is -0.351 e. The maximum atomic E-state index is 12.0. The van der Waals surface area contributed by atoms with Gasteiger partial charge in [0.25, 0.3) is 5.91 Å². The van der Waals surface area contributed by atoms with Crippen molar-refractivity contribution in [3.05, 3.63) is 17.5 Å². The molecule has 1 amide bonds. The average Bonchev–Trinajstić information content (AvgIpc) is 2.59. The zero-order valence-electron chi connectivity index (χ0n) is 11.3. The normalized spacial score (nSPS) is 11.2. The third-order valence-corrected chi connectivity index (χ3v) is 2.62. The molecule has 0 saturated heterocycles. The Hall–Kier alpha value is -1.36. The van der Waals surface area contributed by atoms with E-state index in [-0.39, 0.29) is 11.8 Å². The molecule has 1 aromatic rings. The summed E-state index contributed by atoms with van der Waals surface area (Å²) in [6, 6.07) is 0. The fourth-order valence-electron chi connectivity index (χ4n) is 1.79. The van der Waals surface area contributed by atoms with Gasteiger partial charge in [-0.25, -0.2) is 0 Å². The van der Waals surface area contributed by atoms with Crippen LogP contribution in [0.1, 0.15) is 35.8 Å². The fraction of sp³-hybridized carbons (Fsp3) is 0.667. The van der Waals surface area contributed by atoms with Crippen molar-refractivity contribution in [3.63, 3.8) is 0 Å². The topological polar surface area (TPSA) is 50.2 Å². The molecule has 0 aliphatic rings. The van der Waals surface area contributed by atoms with E-state index in [0.717, 1.165) is 12.2 Å². The van der Waals surface area contributed by atoms with Gasteiger partial charge in [0.1, 0.15) is 0 Å². The van der Waals surface area contributed by atoms with Crippen LogP contribution in [0, 0.1) is 0 Å². The first-order valence-corrected chi connectivity index (χ1v) is 5.88. The van der Waals surface area contributed by atoms with Crippen molar-refractivity contribution in [3.8, 4) is 0 Å². The monoisotopic (exact) mass is 238 g/mol. The fourth-order valence-corrected chi connectivity index (χ4v) is 1.79. The van der Waals surface area contributed by atoms with E-state index in [1.807, 2.05) is 26.0 Å². The molecule has 1 heterocycles. The van der Waals surface area contributed by atoms with E-state index in [1.165, 1.54) is 0 Å². The highest BCUT2D eigenvalue weighted by Crippen LogP contribution is 2.18. The van der Waals surface area contributed by atoms with Gasteiger partial charge in [-0.1, -0.05) is 13.8 Å². The molecule has 5 nitrogen and oxygen atoms in total.